The third kappa shape index (κ3) is 6.97. The number of ether oxygens (including phenoxy) is 1. The van der Waals surface area contributed by atoms with Crippen molar-refractivity contribution >= 4 is 39.3 Å². The van der Waals surface area contributed by atoms with Crippen LogP contribution >= 0.6 is 27.5 Å². The van der Waals surface area contributed by atoms with Gasteiger partial charge in [-0.25, -0.2) is 0 Å². The number of halogens is 2. The van der Waals surface area contributed by atoms with Gasteiger partial charge in [-0.1, -0.05) is 57.5 Å². The third-order valence-corrected chi connectivity index (χ3v) is 5.92. The van der Waals surface area contributed by atoms with E-state index in [1.54, 1.807) is 24.1 Å². The van der Waals surface area contributed by atoms with E-state index in [1.807, 2.05) is 37.3 Å². The van der Waals surface area contributed by atoms with Crippen LogP contribution in [0.4, 0.5) is 0 Å². The van der Waals surface area contributed by atoms with E-state index in [4.69, 9.17) is 16.3 Å². The standard InChI is InChI=1S/C24H30BrClN2O3/c1-6-20(23(30)27-5)28(14-16-7-10-18(26)11-8-16)22(29)15-31-21-12-9-17(13-19(21)25)24(2,3)4/h7-13,20H,6,14-15H2,1-5H3,(H,27,30). The van der Waals surface area contributed by atoms with Crippen LogP contribution in [0.1, 0.15) is 45.2 Å². The number of nitrogens with one attached hydrogen (secondary N) is 1. The minimum Gasteiger partial charge on any atom is -0.483 e. The van der Waals surface area contributed by atoms with E-state index in [9.17, 15) is 9.59 Å². The van der Waals surface area contributed by atoms with Crippen molar-refractivity contribution in [3.63, 3.8) is 0 Å². The lowest BCUT2D eigenvalue weighted by Crippen LogP contribution is -2.49. The van der Waals surface area contributed by atoms with Gasteiger partial charge in [0.1, 0.15) is 11.8 Å². The first-order valence-corrected chi connectivity index (χ1v) is 11.4. The minimum atomic E-state index is -0.594. The zero-order valence-electron chi connectivity index (χ0n) is 18.7. The van der Waals surface area contributed by atoms with E-state index in [-0.39, 0.29) is 30.4 Å². The molecule has 0 aliphatic heterocycles. The van der Waals surface area contributed by atoms with E-state index >= 15 is 0 Å². The molecule has 0 heterocycles. The second kappa shape index (κ2) is 11.0. The highest BCUT2D eigenvalue weighted by atomic mass is 79.9. The molecule has 7 heteroatoms. The van der Waals surface area contributed by atoms with E-state index in [1.165, 1.54) is 0 Å². The number of hydrogen-bond donors (Lipinski definition) is 1. The monoisotopic (exact) mass is 508 g/mol. The fourth-order valence-electron chi connectivity index (χ4n) is 3.18. The van der Waals surface area contributed by atoms with Gasteiger partial charge in [-0.15, -0.1) is 0 Å². The largest absolute Gasteiger partial charge is 0.483 e. The zero-order chi connectivity index (χ0) is 23.2. The highest BCUT2D eigenvalue weighted by Crippen LogP contribution is 2.31. The Morgan fingerprint density at radius 2 is 1.81 bits per heavy atom. The van der Waals surface area contributed by atoms with E-state index < -0.39 is 6.04 Å². The maximum Gasteiger partial charge on any atom is 0.261 e. The van der Waals surface area contributed by atoms with Crippen molar-refractivity contribution in [2.24, 2.45) is 0 Å². The molecule has 5 nitrogen and oxygen atoms in total. The van der Waals surface area contributed by atoms with Gasteiger partial charge >= 0.3 is 0 Å². The van der Waals surface area contributed by atoms with Crippen molar-refractivity contribution in [3.8, 4) is 5.75 Å². The molecule has 0 aromatic heterocycles. The van der Waals surface area contributed by atoms with Crippen molar-refractivity contribution in [3.05, 3.63) is 63.1 Å². The first-order valence-electron chi connectivity index (χ1n) is 10.2. The summed E-state index contributed by atoms with van der Waals surface area (Å²) in [6.07, 6.45) is 0.489. The second-order valence-corrected chi connectivity index (χ2v) is 9.66. The van der Waals surface area contributed by atoms with Gasteiger partial charge in [0, 0.05) is 18.6 Å². The molecule has 2 amide bonds. The molecule has 2 rings (SSSR count). The minimum absolute atomic E-state index is 0.00805. The summed E-state index contributed by atoms with van der Waals surface area (Å²) in [6, 6.07) is 12.5. The number of hydrogen-bond acceptors (Lipinski definition) is 3. The number of carbonyl (C=O) groups is 2. The summed E-state index contributed by atoms with van der Waals surface area (Å²) in [5.41, 5.74) is 2.05. The molecule has 0 spiro atoms. The van der Waals surface area contributed by atoms with Gasteiger partial charge in [-0.3, -0.25) is 9.59 Å². The zero-order valence-corrected chi connectivity index (χ0v) is 21.0. The van der Waals surface area contributed by atoms with Crippen LogP contribution in [0, 0.1) is 0 Å². The molecule has 0 saturated carbocycles. The number of amides is 2. The average molecular weight is 510 g/mol. The first kappa shape index (κ1) is 25.2. The molecule has 1 atom stereocenters. The van der Waals surface area contributed by atoms with Crippen LogP contribution in [0.15, 0.2) is 46.9 Å². The molecule has 2 aromatic carbocycles. The third-order valence-electron chi connectivity index (χ3n) is 5.05. The number of carbonyl (C=O) groups excluding carboxylic acids is 2. The highest BCUT2D eigenvalue weighted by Gasteiger charge is 2.28. The number of nitrogens with zero attached hydrogens (tertiary/aromatic N) is 1. The topological polar surface area (TPSA) is 58.6 Å². The second-order valence-electron chi connectivity index (χ2n) is 8.37. The molecule has 2 aromatic rings. The number of rotatable bonds is 8. The van der Waals surface area contributed by atoms with E-state index in [0.717, 1.165) is 15.6 Å². The molecule has 0 aliphatic carbocycles. The summed E-state index contributed by atoms with van der Waals surface area (Å²) < 4.78 is 6.61. The van der Waals surface area contributed by atoms with Crippen LogP contribution in [-0.4, -0.2) is 36.4 Å². The van der Waals surface area contributed by atoms with Crippen LogP contribution in [0.5, 0.6) is 5.75 Å². The predicted octanol–water partition coefficient (Wildman–Crippen LogP) is 5.33. The SMILES string of the molecule is CCC(C(=O)NC)N(Cc1ccc(Cl)cc1)C(=O)COc1ccc(C(C)(C)C)cc1Br. The Balaban J connectivity index is 2.20. The van der Waals surface area contributed by atoms with Crippen LogP contribution in [0.2, 0.25) is 5.02 Å². The summed E-state index contributed by atoms with van der Waals surface area (Å²) in [4.78, 5) is 27.1. The molecule has 31 heavy (non-hydrogen) atoms. The molecule has 0 radical (unpaired) electrons. The summed E-state index contributed by atoms with van der Waals surface area (Å²) in [6.45, 7) is 8.40. The van der Waals surface area contributed by atoms with Crippen LogP contribution in [0.3, 0.4) is 0 Å². The molecular weight excluding hydrogens is 480 g/mol. The summed E-state index contributed by atoms with van der Waals surface area (Å²) in [7, 11) is 1.57. The van der Waals surface area contributed by atoms with E-state index in [0.29, 0.717) is 17.2 Å². The highest BCUT2D eigenvalue weighted by molar-refractivity contribution is 9.10. The Labute approximate surface area is 198 Å². The van der Waals surface area contributed by atoms with Crippen LogP contribution in [-0.2, 0) is 21.5 Å². The van der Waals surface area contributed by atoms with Gasteiger partial charge in [0.15, 0.2) is 6.61 Å². The Kier molecular flexibility index (Phi) is 8.95. The van der Waals surface area contributed by atoms with Crippen LogP contribution in [0.25, 0.3) is 0 Å². The maximum absolute atomic E-state index is 13.1. The molecule has 0 fully saturated rings. The summed E-state index contributed by atoms with van der Waals surface area (Å²) >= 11 is 9.51. The Bertz CT molecular complexity index is 910. The van der Waals surface area contributed by atoms with Gasteiger partial charge in [0.25, 0.3) is 5.91 Å². The van der Waals surface area contributed by atoms with Crippen molar-refractivity contribution in [1.82, 2.24) is 10.2 Å². The first-order chi connectivity index (χ1) is 14.6. The average Bonchev–Trinajstić information content (AvgIpc) is 2.72. The van der Waals surface area contributed by atoms with Crippen LogP contribution < -0.4 is 10.1 Å². The van der Waals surface area contributed by atoms with Crippen molar-refractivity contribution < 1.29 is 14.3 Å². The molecule has 1 unspecified atom stereocenters. The summed E-state index contributed by atoms with van der Waals surface area (Å²) in [5, 5.41) is 3.26. The van der Waals surface area contributed by atoms with Crippen molar-refractivity contribution in [2.75, 3.05) is 13.7 Å². The molecule has 0 bridgehead atoms. The lowest BCUT2D eigenvalue weighted by atomic mass is 9.87. The molecule has 1 N–H and O–H groups in total. The lowest BCUT2D eigenvalue weighted by Gasteiger charge is -2.30. The number of likely N-dealkylation sites (N-methyl/N-ethyl adjacent to an activating group) is 1. The molecule has 0 aliphatic rings. The lowest BCUT2D eigenvalue weighted by molar-refractivity contribution is -0.142. The molecule has 168 valence electrons. The number of benzene rings is 2. The fraction of sp³-hybridized carbons (Fsp3) is 0.417. The molecular formula is C24H30BrClN2O3. The maximum atomic E-state index is 13.1. The van der Waals surface area contributed by atoms with Gasteiger partial charge < -0.3 is 15.0 Å². The van der Waals surface area contributed by atoms with Gasteiger partial charge in [-0.2, -0.15) is 0 Å². The normalized spacial score (nSPS) is 12.2. The Morgan fingerprint density at radius 1 is 1.16 bits per heavy atom. The van der Waals surface area contributed by atoms with Gasteiger partial charge in [-0.05, 0) is 63.2 Å². The smallest absolute Gasteiger partial charge is 0.261 e. The van der Waals surface area contributed by atoms with E-state index in [2.05, 4.69) is 42.0 Å². The fourth-order valence-corrected chi connectivity index (χ4v) is 3.80. The molecule has 0 saturated heterocycles. The Morgan fingerprint density at radius 3 is 2.32 bits per heavy atom. The Hall–Kier alpha value is -2.05. The summed E-state index contributed by atoms with van der Waals surface area (Å²) in [5.74, 6) is 0.110. The predicted molar refractivity (Wildman–Crippen MR) is 128 cm³/mol. The van der Waals surface area contributed by atoms with Crippen molar-refractivity contribution in [1.29, 1.82) is 0 Å². The van der Waals surface area contributed by atoms with Gasteiger partial charge in [0.2, 0.25) is 5.91 Å². The van der Waals surface area contributed by atoms with Gasteiger partial charge in [0.05, 0.1) is 4.47 Å². The van der Waals surface area contributed by atoms with Crippen molar-refractivity contribution in [2.45, 2.75) is 52.1 Å². The quantitative estimate of drug-likeness (QED) is 0.523.